The maximum absolute atomic E-state index is 9.88. The summed E-state index contributed by atoms with van der Waals surface area (Å²) in [6, 6.07) is 0. The molecule has 1 N–H and O–H groups in total. The molecule has 1 fully saturated rings. The zero-order chi connectivity index (χ0) is 10.9. The van der Waals surface area contributed by atoms with Crippen LogP contribution in [-0.4, -0.2) is 53.1 Å². The van der Waals surface area contributed by atoms with Gasteiger partial charge < -0.3 is 9.84 Å². The van der Waals surface area contributed by atoms with Gasteiger partial charge in [0.25, 0.3) is 0 Å². The normalized spacial score (nSPS) is 38.9. The average molecular weight is 330 g/mol. The van der Waals surface area contributed by atoms with Crippen molar-refractivity contribution in [2.45, 2.75) is 35.6 Å². The Morgan fingerprint density at radius 2 is 2.07 bits per heavy atom. The molecule has 0 bridgehead atoms. The zero-order valence-corrected chi connectivity index (χ0v) is 12.2. The number of halogens is 1. The summed E-state index contributed by atoms with van der Waals surface area (Å²) in [5, 5.41) is 9.88. The van der Waals surface area contributed by atoms with Crippen LogP contribution in [0.1, 0.15) is 13.3 Å². The Morgan fingerprint density at radius 1 is 1.50 bits per heavy atom. The molecule has 4 atom stereocenters. The molecule has 1 aliphatic rings. The van der Waals surface area contributed by atoms with Crippen molar-refractivity contribution in [2.24, 2.45) is 0 Å². The Balaban J connectivity index is 2.44. The topological polar surface area (TPSA) is 29.5 Å². The van der Waals surface area contributed by atoms with E-state index in [0.717, 1.165) is 12.6 Å². The van der Waals surface area contributed by atoms with Crippen molar-refractivity contribution < 1.29 is 9.84 Å². The first-order chi connectivity index (χ1) is 6.31. The van der Waals surface area contributed by atoms with Crippen molar-refractivity contribution in [3.63, 3.8) is 0 Å². The Morgan fingerprint density at radius 3 is 2.43 bits per heavy atom. The fourth-order valence-electron chi connectivity index (χ4n) is 1.63. The second-order valence-electron chi connectivity index (χ2n) is 4.76. The Kier molecular flexibility index (Phi) is 4.51. The summed E-state index contributed by atoms with van der Waals surface area (Å²) >= 11 is 2.28. The standard InChI is InChI=1S/C10H20IO2P/c1-7-9(11)10(12)8(13-7)5-6-14(2,3)4/h7-10,12H,2,5-6H2,1,3-4H3/t7-,8?,9?,10+/m0/s1. The molecule has 1 rings (SSSR count). The third-order valence-electron chi connectivity index (χ3n) is 2.56. The molecule has 2 nitrogen and oxygen atoms in total. The van der Waals surface area contributed by atoms with Gasteiger partial charge in [-0.15, -0.1) is 13.2 Å². The molecule has 1 aliphatic heterocycles. The van der Waals surface area contributed by atoms with E-state index >= 15 is 0 Å². The maximum Gasteiger partial charge on any atom is 0.0944 e. The first kappa shape index (κ1) is 13.0. The third-order valence-corrected chi connectivity index (χ3v) is 5.78. The lowest BCUT2D eigenvalue weighted by Crippen LogP contribution is -2.27. The van der Waals surface area contributed by atoms with E-state index in [9.17, 15) is 5.11 Å². The molecule has 0 aliphatic carbocycles. The highest BCUT2D eigenvalue weighted by atomic mass is 127. The van der Waals surface area contributed by atoms with Gasteiger partial charge in [-0.3, -0.25) is 0 Å². The van der Waals surface area contributed by atoms with Crippen LogP contribution in [0.2, 0.25) is 0 Å². The van der Waals surface area contributed by atoms with Gasteiger partial charge in [-0.2, -0.15) is 0 Å². The second kappa shape index (κ2) is 4.86. The quantitative estimate of drug-likeness (QED) is 0.488. The summed E-state index contributed by atoms with van der Waals surface area (Å²) in [6.45, 7) is 5.50. The number of hydrogen-bond donors (Lipinski definition) is 1. The van der Waals surface area contributed by atoms with Crippen molar-refractivity contribution in [3.05, 3.63) is 0 Å². The molecule has 1 saturated heterocycles. The van der Waals surface area contributed by atoms with Gasteiger partial charge in [-0.25, -0.2) is 0 Å². The fraction of sp³-hybridized carbons (Fsp3) is 0.900. The predicted molar refractivity (Wildman–Crippen MR) is 73.5 cm³/mol. The number of aliphatic hydroxyl groups is 1. The van der Waals surface area contributed by atoms with Gasteiger partial charge in [0.15, 0.2) is 0 Å². The van der Waals surface area contributed by atoms with Gasteiger partial charge in [0.05, 0.1) is 22.2 Å². The molecule has 2 unspecified atom stereocenters. The van der Waals surface area contributed by atoms with Crippen LogP contribution in [0, 0.1) is 0 Å². The molecule has 14 heavy (non-hydrogen) atoms. The fourth-order valence-corrected chi connectivity index (χ4v) is 3.22. The summed E-state index contributed by atoms with van der Waals surface area (Å²) in [5.41, 5.74) is 0. The molecule has 0 aromatic carbocycles. The number of alkyl halides is 1. The van der Waals surface area contributed by atoms with Gasteiger partial charge in [-0.1, -0.05) is 22.6 Å². The lowest BCUT2D eigenvalue weighted by atomic mass is 10.1. The first-order valence-electron chi connectivity index (χ1n) is 4.96. The van der Waals surface area contributed by atoms with E-state index in [4.69, 9.17) is 4.74 Å². The van der Waals surface area contributed by atoms with Crippen molar-refractivity contribution in [2.75, 3.05) is 19.5 Å². The zero-order valence-electron chi connectivity index (χ0n) is 9.11. The first-order valence-corrected chi connectivity index (χ1v) is 9.26. The molecule has 84 valence electrons. The highest BCUT2D eigenvalue weighted by Gasteiger charge is 2.39. The lowest BCUT2D eigenvalue weighted by molar-refractivity contribution is 0.0150. The Labute approximate surface area is 101 Å². The minimum atomic E-state index is -0.978. The minimum Gasteiger partial charge on any atom is -0.389 e. The van der Waals surface area contributed by atoms with E-state index in [1.807, 2.05) is 6.92 Å². The number of ether oxygens (including phenoxy) is 1. The summed E-state index contributed by atoms with van der Waals surface area (Å²) in [7, 11) is 0. The summed E-state index contributed by atoms with van der Waals surface area (Å²) in [4.78, 5) is 0. The summed E-state index contributed by atoms with van der Waals surface area (Å²) in [5.74, 6) is 0. The van der Waals surface area contributed by atoms with Gasteiger partial charge in [0, 0.05) is 0 Å². The molecule has 0 aromatic rings. The number of aliphatic hydroxyl groups excluding tert-OH is 1. The van der Waals surface area contributed by atoms with Crippen molar-refractivity contribution in [1.82, 2.24) is 0 Å². The summed E-state index contributed by atoms with van der Waals surface area (Å²) < 4.78 is 5.95. The monoisotopic (exact) mass is 330 g/mol. The average Bonchev–Trinajstić information content (AvgIpc) is 2.28. The third kappa shape index (κ3) is 3.51. The van der Waals surface area contributed by atoms with Crippen LogP contribution < -0.4 is 0 Å². The molecule has 1 heterocycles. The van der Waals surface area contributed by atoms with Crippen LogP contribution in [0.4, 0.5) is 0 Å². The molecule has 4 heteroatoms. The highest BCUT2D eigenvalue weighted by Crippen LogP contribution is 2.38. The Hall–Kier alpha value is 0.950. The van der Waals surface area contributed by atoms with Crippen LogP contribution in [0.15, 0.2) is 0 Å². The molecule has 0 amide bonds. The molecular weight excluding hydrogens is 310 g/mol. The molecule has 0 saturated carbocycles. The van der Waals surface area contributed by atoms with E-state index < -0.39 is 6.89 Å². The second-order valence-corrected chi connectivity index (χ2v) is 10.5. The van der Waals surface area contributed by atoms with E-state index in [1.54, 1.807) is 0 Å². The van der Waals surface area contributed by atoms with Crippen LogP contribution in [0.5, 0.6) is 0 Å². The SMILES string of the molecule is C=P(C)(C)CCC1O[C@@H](C)C(I)[C@@H]1O. The number of rotatable bonds is 3. The maximum atomic E-state index is 9.88. The van der Waals surface area contributed by atoms with Gasteiger partial charge >= 0.3 is 0 Å². The van der Waals surface area contributed by atoms with E-state index in [2.05, 4.69) is 42.2 Å². The highest BCUT2D eigenvalue weighted by molar-refractivity contribution is 14.1. The van der Waals surface area contributed by atoms with Gasteiger partial charge in [0.2, 0.25) is 0 Å². The predicted octanol–water partition coefficient (Wildman–Crippen LogP) is 2.04. The van der Waals surface area contributed by atoms with Crippen LogP contribution in [0.25, 0.3) is 0 Å². The largest absolute Gasteiger partial charge is 0.389 e. The Bertz CT molecular complexity index is 238. The van der Waals surface area contributed by atoms with Gasteiger partial charge in [-0.05, 0) is 32.8 Å². The van der Waals surface area contributed by atoms with Crippen LogP contribution in [0.3, 0.4) is 0 Å². The smallest absolute Gasteiger partial charge is 0.0944 e. The lowest BCUT2D eigenvalue weighted by Gasteiger charge is -2.18. The molecule has 0 spiro atoms. The van der Waals surface area contributed by atoms with Crippen molar-refractivity contribution in [3.8, 4) is 0 Å². The van der Waals surface area contributed by atoms with Crippen LogP contribution >= 0.6 is 29.5 Å². The van der Waals surface area contributed by atoms with Crippen LogP contribution in [-0.2, 0) is 4.74 Å². The molecule has 0 aromatic heterocycles. The van der Waals surface area contributed by atoms with Crippen molar-refractivity contribution in [1.29, 1.82) is 0 Å². The van der Waals surface area contributed by atoms with E-state index in [-0.39, 0.29) is 22.2 Å². The minimum absolute atomic E-state index is 0.0351. The van der Waals surface area contributed by atoms with Crippen molar-refractivity contribution >= 4 is 35.8 Å². The number of hydrogen-bond acceptors (Lipinski definition) is 2. The van der Waals surface area contributed by atoms with E-state index in [0.29, 0.717) is 0 Å². The van der Waals surface area contributed by atoms with E-state index in [1.165, 1.54) is 0 Å². The molecule has 0 radical (unpaired) electrons. The summed E-state index contributed by atoms with van der Waals surface area (Å²) in [6.07, 6.45) is 6.15. The molecular formula is C10H20IO2P. The van der Waals surface area contributed by atoms with Gasteiger partial charge in [0.1, 0.15) is 0 Å².